The Bertz CT molecular complexity index is 1010. The fourth-order valence-corrected chi connectivity index (χ4v) is 4.50. The highest BCUT2D eigenvalue weighted by Gasteiger charge is 2.40. The number of aromatic nitrogens is 1. The average Bonchev–Trinajstić information content (AvgIpc) is 3.15. The second-order valence-corrected chi connectivity index (χ2v) is 9.28. The maximum absolute atomic E-state index is 13.9. The Balaban J connectivity index is 2.17. The van der Waals surface area contributed by atoms with Gasteiger partial charge < -0.3 is 4.98 Å². The van der Waals surface area contributed by atoms with Gasteiger partial charge in [0.1, 0.15) is 22.9 Å². The van der Waals surface area contributed by atoms with Crippen molar-refractivity contribution in [3.05, 3.63) is 39.0 Å². The predicted molar refractivity (Wildman–Crippen MR) is 109 cm³/mol. The van der Waals surface area contributed by atoms with E-state index in [2.05, 4.69) is 30.7 Å². The third kappa shape index (κ3) is 4.45. The van der Waals surface area contributed by atoms with Gasteiger partial charge in [0, 0.05) is 5.71 Å². The van der Waals surface area contributed by atoms with Gasteiger partial charge in [-0.1, -0.05) is 26.8 Å². The van der Waals surface area contributed by atoms with Crippen LogP contribution in [-0.2, 0) is 6.18 Å². The molecule has 0 amide bonds. The largest absolute Gasteiger partial charge is 0.420 e. The van der Waals surface area contributed by atoms with Crippen molar-refractivity contribution < 1.29 is 13.2 Å². The highest BCUT2D eigenvalue weighted by molar-refractivity contribution is 7.13. The maximum Gasteiger partial charge on any atom is 0.420 e. The summed E-state index contributed by atoms with van der Waals surface area (Å²) >= 11 is 1.21. The minimum Gasteiger partial charge on any atom is -0.318 e. The van der Waals surface area contributed by atoms with E-state index >= 15 is 0 Å². The molecule has 1 N–H and O–H groups in total. The van der Waals surface area contributed by atoms with Crippen molar-refractivity contribution in [1.82, 2.24) is 4.98 Å². The van der Waals surface area contributed by atoms with Gasteiger partial charge in [-0.3, -0.25) is 9.79 Å². The highest BCUT2D eigenvalue weighted by Crippen LogP contribution is 2.44. The van der Waals surface area contributed by atoms with Crippen LogP contribution in [0.15, 0.2) is 27.3 Å². The average molecular weight is 421 g/mol. The SMILES string of the molecule is CC(C)(C)C1CCC(=Nc2c(-c3cccs3)[nH]c(=O)c(C#N)c2C(F)(F)F)CC1. The molecule has 2 aromatic rings. The number of nitrogens with zero attached hydrogens (tertiary/aromatic N) is 2. The Morgan fingerprint density at radius 2 is 1.90 bits per heavy atom. The van der Waals surface area contributed by atoms with E-state index in [9.17, 15) is 23.2 Å². The summed E-state index contributed by atoms with van der Waals surface area (Å²) in [5.41, 5.74) is -2.79. The van der Waals surface area contributed by atoms with Crippen molar-refractivity contribution in [2.75, 3.05) is 0 Å². The van der Waals surface area contributed by atoms with Crippen molar-refractivity contribution in [2.24, 2.45) is 16.3 Å². The number of nitriles is 1. The quantitative estimate of drug-likeness (QED) is 0.618. The Hall–Kier alpha value is -2.40. The van der Waals surface area contributed by atoms with Gasteiger partial charge in [-0.25, -0.2) is 0 Å². The Labute approximate surface area is 171 Å². The molecule has 0 aliphatic heterocycles. The predicted octanol–water partition coefficient (Wildman–Crippen LogP) is 6.30. The third-order valence-corrected chi connectivity index (χ3v) is 6.30. The summed E-state index contributed by atoms with van der Waals surface area (Å²) in [4.78, 5) is 19.5. The summed E-state index contributed by atoms with van der Waals surface area (Å²) in [5.74, 6) is 0.477. The maximum atomic E-state index is 13.9. The summed E-state index contributed by atoms with van der Waals surface area (Å²) in [6, 6.07) is 4.73. The third-order valence-electron chi connectivity index (χ3n) is 5.41. The lowest BCUT2D eigenvalue weighted by atomic mass is 9.72. The minimum atomic E-state index is -4.87. The molecule has 0 aromatic carbocycles. The van der Waals surface area contributed by atoms with Crippen molar-refractivity contribution in [3.8, 4) is 16.6 Å². The molecule has 29 heavy (non-hydrogen) atoms. The summed E-state index contributed by atoms with van der Waals surface area (Å²) in [5, 5.41) is 10.9. The first-order valence-electron chi connectivity index (χ1n) is 9.40. The number of hydrogen-bond donors (Lipinski definition) is 1. The molecular weight excluding hydrogens is 399 g/mol. The first-order chi connectivity index (χ1) is 13.5. The molecule has 1 aliphatic rings. The van der Waals surface area contributed by atoms with Crippen molar-refractivity contribution in [2.45, 2.75) is 52.6 Å². The van der Waals surface area contributed by atoms with Crippen LogP contribution < -0.4 is 5.56 Å². The molecule has 0 atom stereocenters. The van der Waals surface area contributed by atoms with Crippen molar-refractivity contribution in [1.29, 1.82) is 5.26 Å². The Morgan fingerprint density at radius 3 is 2.38 bits per heavy atom. The number of rotatable bonds is 2. The Kier molecular flexibility index (Phi) is 5.72. The summed E-state index contributed by atoms with van der Waals surface area (Å²) in [6.07, 6.45) is -1.96. The molecule has 0 unspecified atom stereocenters. The van der Waals surface area contributed by atoms with E-state index < -0.39 is 22.9 Å². The topological polar surface area (TPSA) is 69.0 Å². The van der Waals surface area contributed by atoms with Gasteiger partial charge in [-0.05, 0) is 48.5 Å². The van der Waals surface area contributed by atoms with Crippen LogP contribution in [0.2, 0.25) is 0 Å². The van der Waals surface area contributed by atoms with E-state index in [1.54, 1.807) is 17.5 Å². The van der Waals surface area contributed by atoms with Crippen LogP contribution in [-0.4, -0.2) is 10.7 Å². The molecule has 4 nitrogen and oxygen atoms in total. The molecule has 8 heteroatoms. The molecule has 0 spiro atoms. The van der Waals surface area contributed by atoms with Gasteiger partial charge in [-0.15, -0.1) is 11.3 Å². The van der Waals surface area contributed by atoms with Crippen LogP contribution in [0.4, 0.5) is 18.9 Å². The van der Waals surface area contributed by atoms with E-state index in [0.29, 0.717) is 29.3 Å². The fourth-order valence-electron chi connectivity index (χ4n) is 3.77. The molecule has 2 aromatic heterocycles. The molecule has 1 saturated carbocycles. The minimum absolute atomic E-state index is 0.0155. The fraction of sp³-hybridized carbons (Fsp3) is 0.476. The Morgan fingerprint density at radius 1 is 1.24 bits per heavy atom. The first-order valence-corrected chi connectivity index (χ1v) is 10.3. The van der Waals surface area contributed by atoms with Crippen LogP contribution in [0.5, 0.6) is 0 Å². The first kappa shape index (κ1) is 21.3. The standard InChI is InChI=1S/C21H22F3N3OS/c1-20(2,3)12-6-8-13(9-7-12)26-18-16(21(22,23)24)14(11-25)19(28)27-17(18)15-5-4-10-29-15/h4-5,10,12H,6-9H2,1-3H3,(H,27,28). The van der Waals surface area contributed by atoms with Gasteiger partial charge in [0.05, 0.1) is 10.6 Å². The lowest BCUT2D eigenvalue weighted by Gasteiger charge is -2.34. The van der Waals surface area contributed by atoms with Crippen LogP contribution in [0.25, 0.3) is 10.6 Å². The monoisotopic (exact) mass is 421 g/mol. The molecule has 2 heterocycles. The second-order valence-electron chi connectivity index (χ2n) is 8.33. The van der Waals surface area contributed by atoms with Gasteiger partial charge in [0.25, 0.3) is 5.56 Å². The highest BCUT2D eigenvalue weighted by atomic mass is 32.1. The molecule has 3 rings (SSSR count). The number of aromatic amines is 1. The normalized spacial score (nSPS) is 17.8. The molecule has 1 fully saturated rings. The molecule has 1 aliphatic carbocycles. The number of H-pyrrole nitrogens is 1. The lowest BCUT2D eigenvalue weighted by Crippen LogP contribution is -2.26. The summed E-state index contributed by atoms with van der Waals surface area (Å²) in [7, 11) is 0. The van der Waals surface area contributed by atoms with Gasteiger partial charge in [-0.2, -0.15) is 18.4 Å². The van der Waals surface area contributed by atoms with Crippen LogP contribution >= 0.6 is 11.3 Å². The van der Waals surface area contributed by atoms with E-state index in [4.69, 9.17) is 0 Å². The summed E-state index contributed by atoms with van der Waals surface area (Å²) in [6.45, 7) is 6.49. The van der Waals surface area contributed by atoms with E-state index in [-0.39, 0.29) is 16.8 Å². The zero-order chi connectivity index (χ0) is 21.4. The molecule has 0 bridgehead atoms. The van der Waals surface area contributed by atoms with E-state index in [0.717, 1.165) is 12.8 Å². The van der Waals surface area contributed by atoms with Crippen LogP contribution in [0, 0.1) is 22.7 Å². The number of nitrogens with one attached hydrogen (secondary N) is 1. The number of alkyl halides is 3. The van der Waals surface area contributed by atoms with Crippen molar-refractivity contribution >= 4 is 22.7 Å². The smallest absolute Gasteiger partial charge is 0.318 e. The second kappa shape index (κ2) is 7.79. The van der Waals surface area contributed by atoms with E-state index in [1.165, 1.54) is 17.4 Å². The number of aliphatic imine (C=N–C) groups is 1. The van der Waals surface area contributed by atoms with E-state index in [1.807, 2.05) is 0 Å². The van der Waals surface area contributed by atoms with Gasteiger partial charge in [0.2, 0.25) is 0 Å². The van der Waals surface area contributed by atoms with Gasteiger partial charge >= 0.3 is 6.18 Å². The number of pyridine rings is 1. The molecule has 0 radical (unpaired) electrons. The van der Waals surface area contributed by atoms with Crippen LogP contribution in [0.3, 0.4) is 0 Å². The zero-order valence-corrected chi connectivity index (χ0v) is 17.3. The van der Waals surface area contributed by atoms with Crippen molar-refractivity contribution in [3.63, 3.8) is 0 Å². The lowest BCUT2D eigenvalue weighted by molar-refractivity contribution is -0.137. The van der Waals surface area contributed by atoms with Gasteiger partial charge in [0.15, 0.2) is 0 Å². The molecular formula is C21H22F3N3OS. The molecule has 0 saturated heterocycles. The number of thiophene rings is 1. The summed E-state index contributed by atoms with van der Waals surface area (Å²) < 4.78 is 41.7. The number of hydrogen-bond acceptors (Lipinski definition) is 4. The van der Waals surface area contributed by atoms with Crippen LogP contribution in [0.1, 0.15) is 57.6 Å². The molecule has 154 valence electrons. The zero-order valence-electron chi connectivity index (χ0n) is 16.5. The number of halogens is 3.